The molecular weight excluding hydrogens is 319 g/mol. The molecule has 0 atom stereocenters. The molecule has 0 spiro atoms. The van der Waals surface area contributed by atoms with Gasteiger partial charge < -0.3 is 4.74 Å². The fraction of sp³-hybridized carbons (Fsp3) is 0.143. The van der Waals surface area contributed by atoms with E-state index in [0.717, 1.165) is 12.0 Å². The predicted molar refractivity (Wildman–Crippen MR) is 75.0 cm³/mol. The minimum atomic E-state index is -0.505. The van der Waals surface area contributed by atoms with Crippen molar-refractivity contribution in [3.63, 3.8) is 0 Å². The quantitative estimate of drug-likeness (QED) is 0.666. The fourth-order valence-corrected chi connectivity index (χ4v) is 2.18. The summed E-state index contributed by atoms with van der Waals surface area (Å²) in [5.41, 5.74) is 1.05. The van der Waals surface area contributed by atoms with Gasteiger partial charge in [-0.3, -0.25) is 0 Å². The van der Waals surface area contributed by atoms with Gasteiger partial charge in [-0.25, -0.2) is 4.39 Å². The van der Waals surface area contributed by atoms with Gasteiger partial charge in [0.2, 0.25) is 0 Å². The van der Waals surface area contributed by atoms with Gasteiger partial charge in [-0.05, 0) is 30.2 Å². The molecule has 0 aliphatic rings. The second-order valence-corrected chi connectivity index (χ2v) is 5.06. The Hall–Kier alpha value is -1.06. The van der Waals surface area contributed by atoms with E-state index in [4.69, 9.17) is 16.3 Å². The molecule has 2 aromatic carbocycles. The lowest BCUT2D eigenvalue weighted by Gasteiger charge is -2.11. The van der Waals surface area contributed by atoms with E-state index >= 15 is 0 Å². The van der Waals surface area contributed by atoms with E-state index < -0.39 is 5.82 Å². The third-order valence-electron chi connectivity index (χ3n) is 2.53. The molecule has 2 rings (SSSR count). The van der Waals surface area contributed by atoms with Crippen LogP contribution in [-0.2, 0) is 6.42 Å². The van der Waals surface area contributed by atoms with Gasteiger partial charge in [-0.1, -0.05) is 52.7 Å². The highest BCUT2D eigenvalue weighted by Gasteiger charge is 2.11. The van der Waals surface area contributed by atoms with Crippen molar-refractivity contribution in [3.8, 4) is 11.5 Å². The van der Waals surface area contributed by atoms with Gasteiger partial charge in [0.05, 0.1) is 0 Å². The normalized spacial score (nSPS) is 10.4. The van der Waals surface area contributed by atoms with E-state index in [-0.39, 0.29) is 5.02 Å². The van der Waals surface area contributed by atoms with Crippen molar-refractivity contribution >= 4 is 27.5 Å². The van der Waals surface area contributed by atoms with Gasteiger partial charge in [0.1, 0.15) is 22.3 Å². The van der Waals surface area contributed by atoms with E-state index in [1.807, 2.05) is 31.2 Å². The van der Waals surface area contributed by atoms with Crippen molar-refractivity contribution in [3.05, 3.63) is 57.3 Å². The Bertz CT molecular complexity index is 572. The summed E-state index contributed by atoms with van der Waals surface area (Å²) in [6.07, 6.45) is 0.838. The first kappa shape index (κ1) is 13.4. The summed E-state index contributed by atoms with van der Waals surface area (Å²) >= 11 is 9.11. The third kappa shape index (κ3) is 2.85. The molecule has 0 fully saturated rings. The van der Waals surface area contributed by atoms with Crippen LogP contribution in [-0.4, -0.2) is 0 Å². The average Bonchev–Trinajstić information content (AvgIpc) is 2.36. The van der Waals surface area contributed by atoms with E-state index in [0.29, 0.717) is 16.0 Å². The zero-order valence-corrected chi connectivity index (χ0v) is 12.1. The Morgan fingerprint density at radius 1 is 1.22 bits per heavy atom. The van der Waals surface area contributed by atoms with Crippen molar-refractivity contribution < 1.29 is 9.13 Å². The molecule has 18 heavy (non-hydrogen) atoms. The number of aryl methyl sites for hydroxylation is 1. The minimum Gasteiger partial charge on any atom is -0.455 e. The standard InChI is InChI=1S/C14H11BrClFO/c1-2-9-5-3-4-6-12(9)18-13-8-10(15)7-11(17)14(13)16/h3-8H,2H2,1H3. The molecule has 0 aliphatic carbocycles. The van der Waals surface area contributed by atoms with Crippen LogP contribution in [0.5, 0.6) is 11.5 Å². The molecule has 0 radical (unpaired) electrons. The minimum absolute atomic E-state index is 0.0101. The maximum atomic E-state index is 13.5. The Balaban J connectivity index is 2.40. The Kier molecular flexibility index (Phi) is 4.25. The summed E-state index contributed by atoms with van der Waals surface area (Å²) in [5, 5.41) is -0.0101. The molecule has 2 aromatic rings. The Labute approximate surface area is 119 Å². The van der Waals surface area contributed by atoms with Crippen molar-refractivity contribution in [1.29, 1.82) is 0 Å². The second kappa shape index (κ2) is 5.72. The first-order valence-electron chi connectivity index (χ1n) is 5.52. The summed E-state index contributed by atoms with van der Waals surface area (Å²) in [7, 11) is 0. The van der Waals surface area contributed by atoms with Gasteiger partial charge in [-0.2, -0.15) is 0 Å². The first-order valence-corrected chi connectivity index (χ1v) is 6.69. The predicted octanol–water partition coefficient (Wildman–Crippen LogP) is 5.60. The molecule has 0 heterocycles. The number of rotatable bonds is 3. The van der Waals surface area contributed by atoms with Gasteiger partial charge in [-0.15, -0.1) is 0 Å². The Morgan fingerprint density at radius 2 is 1.94 bits per heavy atom. The topological polar surface area (TPSA) is 9.23 Å². The van der Waals surface area contributed by atoms with Crippen LogP contribution < -0.4 is 4.74 Å². The molecule has 4 heteroatoms. The zero-order chi connectivity index (χ0) is 13.1. The highest BCUT2D eigenvalue weighted by molar-refractivity contribution is 9.10. The van der Waals surface area contributed by atoms with Crippen LogP contribution >= 0.6 is 27.5 Å². The highest BCUT2D eigenvalue weighted by atomic mass is 79.9. The number of hydrogen-bond donors (Lipinski definition) is 0. The molecule has 0 amide bonds. The molecule has 0 unspecified atom stereocenters. The monoisotopic (exact) mass is 328 g/mol. The van der Waals surface area contributed by atoms with Crippen LogP contribution in [0.4, 0.5) is 4.39 Å². The van der Waals surface area contributed by atoms with Crippen LogP contribution in [0.2, 0.25) is 5.02 Å². The van der Waals surface area contributed by atoms with Gasteiger partial charge in [0, 0.05) is 4.47 Å². The van der Waals surface area contributed by atoms with Gasteiger partial charge in [0.25, 0.3) is 0 Å². The maximum Gasteiger partial charge on any atom is 0.150 e. The average molecular weight is 330 g/mol. The lowest BCUT2D eigenvalue weighted by molar-refractivity contribution is 0.471. The van der Waals surface area contributed by atoms with Crippen molar-refractivity contribution in [1.82, 2.24) is 0 Å². The number of benzene rings is 2. The SMILES string of the molecule is CCc1ccccc1Oc1cc(Br)cc(F)c1Cl. The molecule has 1 nitrogen and oxygen atoms in total. The highest BCUT2D eigenvalue weighted by Crippen LogP contribution is 2.35. The summed E-state index contributed by atoms with van der Waals surface area (Å²) in [5.74, 6) is 0.499. The fourth-order valence-electron chi connectivity index (χ4n) is 1.62. The molecule has 94 valence electrons. The van der Waals surface area contributed by atoms with Crippen LogP contribution in [0.15, 0.2) is 40.9 Å². The van der Waals surface area contributed by atoms with Crippen LogP contribution in [0, 0.1) is 5.82 Å². The molecule has 0 saturated heterocycles. The summed E-state index contributed by atoms with van der Waals surface area (Å²) in [4.78, 5) is 0. The lowest BCUT2D eigenvalue weighted by Crippen LogP contribution is -1.92. The summed E-state index contributed by atoms with van der Waals surface area (Å²) in [6, 6.07) is 10.6. The summed E-state index contributed by atoms with van der Waals surface area (Å²) in [6.45, 7) is 2.03. The maximum absolute atomic E-state index is 13.5. The number of halogens is 3. The lowest BCUT2D eigenvalue weighted by atomic mass is 10.1. The van der Waals surface area contributed by atoms with Gasteiger partial charge in [0.15, 0.2) is 0 Å². The largest absolute Gasteiger partial charge is 0.455 e. The van der Waals surface area contributed by atoms with Crippen molar-refractivity contribution in [2.24, 2.45) is 0 Å². The molecule has 0 saturated carbocycles. The van der Waals surface area contributed by atoms with Crippen LogP contribution in [0.25, 0.3) is 0 Å². The second-order valence-electron chi connectivity index (χ2n) is 3.76. The van der Waals surface area contributed by atoms with Crippen LogP contribution in [0.3, 0.4) is 0 Å². The first-order chi connectivity index (χ1) is 8.61. The van der Waals surface area contributed by atoms with E-state index in [9.17, 15) is 4.39 Å². The van der Waals surface area contributed by atoms with E-state index in [2.05, 4.69) is 15.9 Å². The molecule has 0 aromatic heterocycles. The molecule has 0 aliphatic heterocycles. The smallest absolute Gasteiger partial charge is 0.150 e. The van der Waals surface area contributed by atoms with Crippen LogP contribution in [0.1, 0.15) is 12.5 Å². The Morgan fingerprint density at radius 3 is 2.67 bits per heavy atom. The number of ether oxygens (including phenoxy) is 1. The van der Waals surface area contributed by atoms with E-state index in [1.165, 1.54) is 6.07 Å². The molecule has 0 N–H and O–H groups in total. The summed E-state index contributed by atoms with van der Waals surface area (Å²) < 4.78 is 19.8. The van der Waals surface area contributed by atoms with Crippen molar-refractivity contribution in [2.45, 2.75) is 13.3 Å². The zero-order valence-electron chi connectivity index (χ0n) is 9.71. The molecular formula is C14H11BrClFO. The third-order valence-corrected chi connectivity index (χ3v) is 3.36. The number of para-hydroxylation sites is 1. The van der Waals surface area contributed by atoms with Crippen molar-refractivity contribution in [2.75, 3.05) is 0 Å². The van der Waals surface area contributed by atoms with E-state index in [1.54, 1.807) is 6.07 Å². The number of hydrogen-bond acceptors (Lipinski definition) is 1. The van der Waals surface area contributed by atoms with Gasteiger partial charge >= 0.3 is 0 Å². The molecule has 0 bridgehead atoms.